The molecule has 1 fully saturated rings. The van der Waals surface area contributed by atoms with Crippen LogP contribution in [0.1, 0.15) is 47.0 Å². The van der Waals surface area contributed by atoms with E-state index in [4.69, 9.17) is 0 Å². The average Bonchev–Trinajstić information content (AvgIpc) is 2.36. The molecular weight excluding hydrogens is 254 g/mol. The molecule has 0 aromatic carbocycles. The molecule has 1 heterocycles. The first-order chi connectivity index (χ1) is 9.21. The van der Waals surface area contributed by atoms with E-state index in [2.05, 4.69) is 31.0 Å². The highest BCUT2D eigenvalue weighted by Crippen LogP contribution is 2.22. The molecule has 0 bridgehead atoms. The van der Waals surface area contributed by atoms with Gasteiger partial charge in [-0.2, -0.15) is 0 Å². The lowest BCUT2D eigenvalue weighted by molar-refractivity contribution is -0.116. The van der Waals surface area contributed by atoms with Crippen molar-refractivity contribution in [3.63, 3.8) is 0 Å². The number of amides is 2. The van der Waals surface area contributed by atoms with Gasteiger partial charge in [0.05, 0.1) is 0 Å². The highest BCUT2D eigenvalue weighted by atomic mass is 16.2. The van der Waals surface area contributed by atoms with Crippen molar-refractivity contribution >= 4 is 11.8 Å². The Hall–Kier alpha value is -1.10. The van der Waals surface area contributed by atoms with Crippen LogP contribution < -0.4 is 5.32 Å². The molecule has 1 aliphatic heterocycles. The smallest absolute Gasteiger partial charge is 0.317 e. The number of urea groups is 1. The molecule has 0 aromatic heterocycles. The maximum absolute atomic E-state index is 12.0. The largest absolute Gasteiger partial charge is 0.338 e. The predicted octanol–water partition coefficient (Wildman–Crippen LogP) is 1.87. The summed E-state index contributed by atoms with van der Waals surface area (Å²) >= 11 is 0. The molecule has 1 saturated heterocycles. The van der Waals surface area contributed by atoms with E-state index in [1.807, 2.05) is 7.05 Å². The van der Waals surface area contributed by atoms with Crippen LogP contribution in [-0.4, -0.2) is 59.9 Å². The molecule has 1 N–H and O–H groups in total. The first-order valence-electron chi connectivity index (χ1n) is 7.47. The number of nitrogens with zero attached hydrogens (tertiary/aromatic N) is 2. The molecule has 0 spiro atoms. The zero-order chi connectivity index (χ0) is 15.3. The Balaban J connectivity index is 2.36. The van der Waals surface area contributed by atoms with E-state index in [0.29, 0.717) is 19.0 Å². The molecule has 1 aliphatic rings. The van der Waals surface area contributed by atoms with Crippen molar-refractivity contribution in [2.75, 3.05) is 26.7 Å². The van der Waals surface area contributed by atoms with Crippen molar-refractivity contribution in [2.45, 2.75) is 58.5 Å². The summed E-state index contributed by atoms with van der Waals surface area (Å²) in [5.41, 5.74) is 0.202. The summed E-state index contributed by atoms with van der Waals surface area (Å²) in [5, 5.41) is 2.81. The summed E-state index contributed by atoms with van der Waals surface area (Å²) in [6.07, 6.45) is 2.42. The van der Waals surface area contributed by atoms with Gasteiger partial charge in [-0.05, 0) is 40.5 Å². The zero-order valence-electron chi connectivity index (χ0n) is 13.5. The van der Waals surface area contributed by atoms with Crippen molar-refractivity contribution in [3.05, 3.63) is 0 Å². The second kappa shape index (κ2) is 7.07. The Morgan fingerprint density at radius 1 is 1.25 bits per heavy atom. The fourth-order valence-corrected chi connectivity index (χ4v) is 2.56. The molecule has 0 aliphatic carbocycles. The number of nitrogens with one attached hydrogen (secondary N) is 1. The van der Waals surface area contributed by atoms with Gasteiger partial charge in [0.15, 0.2) is 0 Å². The molecule has 2 amide bonds. The van der Waals surface area contributed by atoms with Crippen LogP contribution in [-0.2, 0) is 4.79 Å². The van der Waals surface area contributed by atoms with E-state index in [1.165, 1.54) is 6.92 Å². The van der Waals surface area contributed by atoms with E-state index in [0.717, 1.165) is 25.9 Å². The normalized spacial score (nSPS) is 17.9. The minimum atomic E-state index is -0.0690. The second-order valence-corrected chi connectivity index (χ2v) is 6.68. The van der Waals surface area contributed by atoms with Gasteiger partial charge in [0, 0.05) is 44.7 Å². The highest BCUT2D eigenvalue weighted by Gasteiger charge is 2.29. The van der Waals surface area contributed by atoms with E-state index in [9.17, 15) is 9.59 Å². The fourth-order valence-electron chi connectivity index (χ4n) is 2.56. The number of piperidine rings is 1. The average molecular weight is 283 g/mol. The summed E-state index contributed by atoms with van der Waals surface area (Å²) in [6.45, 7) is 10.7. The summed E-state index contributed by atoms with van der Waals surface area (Å²) in [7, 11) is 1.85. The van der Waals surface area contributed by atoms with E-state index < -0.39 is 0 Å². The van der Waals surface area contributed by atoms with Crippen molar-refractivity contribution < 1.29 is 9.59 Å². The Bertz CT molecular complexity index is 342. The van der Waals surface area contributed by atoms with Crippen LogP contribution in [0, 0.1) is 0 Å². The Morgan fingerprint density at radius 2 is 1.80 bits per heavy atom. The van der Waals surface area contributed by atoms with Crippen molar-refractivity contribution in [1.82, 2.24) is 15.1 Å². The topological polar surface area (TPSA) is 52.7 Å². The van der Waals surface area contributed by atoms with Crippen molar-refractivity contribution in [3.8, 4) is 0 Å². The lowest BCUT2D eigenvalue weighted by Crippen LogP contribution is -2.52. The van der Waals surface area contributed by atoms with Crippen LogP contribution in [0.25, 0.3) is 0 Å². The number of likely N-dealkylation sites (tertiary alicyclic amines) is 1. The monoisotopic (exact) mass is 283 g/mol. The first-order valence-corrected chi connectivity index (χ1v) is 7.47. The van der Waals surface area contributed by atoms with Crippen LogP contribution in [0.3, 0.4) is 0 Å². The summed E-state index contributed by atoms with van der Waals surface area (Å²) < 4.78 is 0. The molecular formula is C15H29N3O2. The highest BCUT2D eigenvalue weighted by molar-refractivity contribution is 5.78. The van der Waals surface area contributed by atoms with Gasteiger partial charge in [0.1, 0.15) is 5.78 Å². The number of carbonyl (C=O) groups excluding carboxylic acids is 2. The first kappa shape index (κ1) is 17.0. The summed E-state index contributed by atoms with van der Waals surface area (Å²) in [5.74, 6) is 0.103. The number of hydrogen-bond donors (Lipinski definition) is 1. The molecule has 0 unspecified atom stereocenters. The summed E-state index contributed by atoms with van der Waals surface area (Å²) in [6, 6.07) is 0.228. The number of Topliss-reactive ketones (excluding diaryl/α,β-unsaturated/α-hetero) is 1. The minimum Gasteiger partial charge on any atom is -0.338 e. The van der Waals surface area contributed by atoms with Crippen LogP contribution in [0.15, 0.2) is 0 Å². The molecule has 5 nitrogen and oxygen atoms in total. The van der Waals surface area contributed by atoms with Gasteiger partial charge in [-0.1, -0.05) is 0 Å². The van der Waals surface area contributed by atoms with Gasteiger partial charge in [0.25, 0.3) is 0 Å². The maximum Gasteiger partial charge on any atom is 0.317 e. The third-order valence-corrected chi connectivity index (χ3v) is 4.03. The van der Waals surface area contributed by atoms with E-state index >= 15 is 0 Å². The Labute approximate surface area is 122 Å². The molecule has 5 heteroatoms. The quantitative estimate of drug-likeness (QED) is 0.857. The van der Waals surface area contributed by atoms with Gasteiger partial charge < -0.3 is 10.2 Å². The number of carbonyl (C=O) groups is 2. The molecule has 116 valence electrons. The van der Waals surface area contributed by atoms with Crippen LogP contribution >= 0.6 is 0 Å². The minimum absolute atomic E-state index is 0.0690. The van der Waals surface area contributed by atoms with E-state index in [1.54, 1.807) is 4.90 Å². The Kier molecular flexibility index (Phi) is 5.99. The summed E-state index contributed by atoms with van der Waals surface area (Å²) in [4.78, 5) is 27.1. The van der Waals surface area contributed by atoms with E-state index in [-0.39, 0.29) is 17.4 Å². The molecule has 1 rings (SSSR count). The number of ketones is 1. The van der Waals surface area contributed by atoms with Crippen molar-refractivity contribution in [2.24, 2.45) is 0 Å². The third kappa shape index (κ3) is 5.12. The standard InChI is InChI=1S/C15H29N3O2/c1-12(19)6-9-16-14(20)17(5)13-7-10-18(11-8-13)15(2,3)4/h13H,6-11H2,1-5H3,(H,16,20). The molecule has 0 aromatic rings. The van der Waals surface area contributed by atoms with Gasteiger partial charge in [-0.3, -0.25) is 9.69 Å². The predicted molar refractivity (Wildman–Crippen MR) is 80.8 cm³/mol. The molecule has 0 atom stereocenters. The van der Waals surface area contributed by atoms with Crippen molar-refractivity contribution in [1.29, 1.82) is 0 Å². The zero-order valence-corrected chi connectivity index (χ0v) is 13.5. The van der Waals surface area contributed by atoms with Crippen LogP contribution in [0.2, 0.25) is 0 Å². The lowest BCUT2D eigenvalue weighted by Gasteiger charge is -2.43. The molecule has 0 saturated carbocycles. The molecule has 20 heavy (non-hydrogen) atoms. The van der Waals surface area contributed by atoms with Gasteiger partial charge in [-0.15, -0.1) is 0 Å². The van der Waals surface area contributed by atoms with Crippen LogP contribution in [0.4, 0.5) is 4.79 Å². The maximum atomic E-state index is 12.0. The van der Waals surface area contributed by atoms with Crippen LogP contribution in [0.5, 0.6) is 0 Å². The third-order valence-electron chi connectivity index (χ3n) is 4.03. The number of hydrogen-bond acceptors (Lipinski definition) is 3. The number of rotatable bonds is 4. The lowest BCUT2D eigenvalue weighted by atomic mass is 9.97. The fraction of sp³-hybridized carbons (Fsp3) is 0.867. The SMILES string of the molecule is CC(=O)CCNC(=O)N(C)C1CCN(C(C)(C)C)CC1. The van der Waals surface area contributed by atoms with Gasteiger partial charge >= 0.3 is 6.03 Å². The van der Waals surface area contributed by atoms with Gasteiger partial charge in [-0.25, -0.2) is 4.79 Å². The molecule has 0 radical (unpaired) electrons. The van der Waals surface area contributed by atoms with Gasteiger partial charge in [0.2, 0.25) is 0 Å². The Morgan fingerprint density at radius 3 is 2.25 bits per heavy atom. The second-order valence-electron chi connectivity index (χ2n) is 6.68.